The predicted octanol–water partition coefficient (Wildman–Crippen LogP) is 4.18. The summed E-state index contributed by atoms with van der Waals surface area (Å²) in [5.41, 5.74) is 0.981. The van der Waals surface area contributed by atoms with Gasteiger partial charge >= 0.3 is 0 Å². The smallest absolute Gasteiger partial charge is 0.109 e. The van der Waals surface area contributed by atoms with Gasteiger partial charge in [-0.05, 0) is 23.8 Å². The molecule has 2 unspecified atom stereocenters. The third-order valence-corrected chi connectivity index (χ3v) is 4.28. The van der Waals surface area contributed by atoms with Gasteiger partial charge in [-0.2, -0.15) is 0 Å². The highest BCUT2D eigenvalue weighted by molar-refractivity contribution is 7.99. The summed E-state index contributed by atoms with van der Waals surface area (Å²) in [6.07, 6.45) is -0.894. The average Bonchev–Trinajstić information content (AvgIpc) is 2.47. The van der Waals surface area contributed by atoms with Crippen LogP contribution >= 0.6 is 23.4 Å². The lowest BCUT2D eigenvalue weighted by Gasteiger charge is -2.21. The highest BCUT2D eigenvalue weighted by atomic mass is 35.5. The molecule has 106 valence electrons. The Kier molecular flexibility index (Phi) is 5.92. The van der Waals surface area contributed by atoms with Crippen LogP contribution < -0.4 is 0 Å². The topological polar surface area (TPSA) is 29.5 Å². The maximum Gasteiger partial charge on any atom is 0.109 e. The minimum absolute atomic E-state index is 0.317. The van der Waals surface area contributed by atoms with E-state index in [9.17, 15) is 5.11 Å². The Balaban J connectivity index is 1.98. The van der Waals surface area contributed by atoms with E-state index >= 15 is 0 Å². The molecule has 2 aromatic rings. The molecule has 20 heavy (non-hydrogen) atoms. The normalized spacial score (nSPS) is 13.9. The van der Waals surface area contributed by atoms with Crippen molar-refractivity contribution in [1.29, 1.82) is 0 Å². The van der Waals surface area contributed by atoms with E-state index in [4.69, 9.17) is 16.3 Å². The number of ether oxygens (including phenoxy) is 1. The zero-order valence-electron chi connectivity index (χ0n) is 11.2. The molecule has 0 bridgehead atoms. The molecule has 0 aromatic heterocycles. The molecule has 0 amide bonds. The minimum atomic E-state index is -0.577. The summed E-state index contributed by atoms with van der Waals surface area (Å²) in [6, 6.07) is 17.4. The van der Waals surface area contributed by atoms with Crippen molar-refractivity contribution < 1.29 is 9.84 Å². The maximum atomic E-state index is 10.3. The summed E-state index contributed by atoms with van der Waals surface area (Å²) in [5, 5.41) is 11.0. The van der Waals surface area contributed by atoms with Crippen LogP contribution in [0.5, 0.6) is 0 Å². The summed E-state index contributed by atoms with van der Waals surface area (Å²) < 4.78 is 5.42. The largest absolute Gasteiger partial charge is 0.389 e. The Morgan fingerprint density at radius 1 is 1.15 bits per heavy atom. The van der Waals surface area contributed by atoms with E-state index < -0.39 is 6.10 Å². The molecule has 2 aromatic carbocycles. The zero-order chi connectivity index (χ0) is 14.4. The molecule has 0 fully saturated rings. The van der Waals surface area contributed by atoms with E-state index in [-0.39, 0.29) is 6.10 Å². The predicted molar refractivity (Wildman–Crippen MR) is 84.4 cm³/mol. The second-order valence-corrected chi connectivity index (χ2v) is 5.93. The number of methoxy groups -OCH3 is 1. The monoisotopic (exact) mass is 308 g/mol. The Bertz CT molecular complexity index is 533. The summed E-state index contributed by atoms with van der Waals surface area (Å²) in [5.74, 6) is 0.549. The lowest BCUT2D eigenvalue weighted by molar-refractivity contribution is -0.00102. The van der Waals surface area contributed by atoms with Gasteiger partial charge in [-0.3, -0.25) is 0 Å². The van der Waals surface area contributed by atoms with Crippen LogP contribution in [0.2, 0.25) is 5.02 Å². The van der Waals surface area contributed by atoms with Gasteiger partial charge < -0.3 is 9.84 Å². The molecule has 0 aliphatic carbocycles. The van der Waals surface area contributed by atoms with Crippen LogP contribution in [0.15, 0.2) is 59.5 Å². The molecule has 2 atom stereocenters. The summed E-state index contributed by atoms with van der Waals surface area (Å²) in [6.45, 7) is 0. The van der Waals surface area contributed by atoms with Gasteiger partial charge in [-0.25, -0.2) is 0 Å². The first kappa shape index (κ1) is 15.4. The standard InChI is InChI=1S/C16H17ClO2S/c1-19-16(12-6-3-2-4-7-12)15(18)11-20-14-9-5-8-13(17)10-14/h2-10,15-16,18H,11H2,1H3. The number of thioether (sulfide) groups is 1. The number of halogens is 1. The van der Waals surface area contributed by atoms with Crippen molar-refractivity contribution in [3.05, 3.63) is 65.2 Å². The molecule has 1 N–H and O–H groups in total. The Morgan fingerprint density at radius 2 is 1.90 bits per heavy atom. The molecular weight excluding hydrogens is 292 g/mol. The first-order valence-corrected chi connectivity index (χ1v) is 7.71. The summed E-state index contributed by atoms with van der Waals surface area (Å²) >= 11 is 7.51. The first-order valence-electron chi connectivity index (χ1n) is 6.35. The molecule has 0 heterocycles. The van der Waals surface area contributed by atoms with Crippen LogP contribution in [-0.4, -0.2) is 24.1 Å². The number of benzene rings is 2. The number of aliphatic hydroxyl groups excluding tert-OH is 1. The fourth-order valence-corrected chi connectivity index (χ4v) is 3.16. The lowest BCUT2D eigenvalue weighted by atomic mass is 10.1. The highest BCUT2D eigenvalue weighted by Gasteiger charge is 2.20. The molecule has 0 spiro atoms. The molecule has 0 saturated carbocycles. The van der Waals surface area contributed by atoms with Gasteiger partial charge in [0.05, 0.1) is 6.10 Å². The molecule has 2 rings (SSSR count). The highest BCUT2D eigenvalue weighted by Crippen LogP contribution is 2.27. The molecular formula is C16H17ClO2S. The molecule has 0 aliphatic heterocycles. The van der Waals surface area contributed by atoms with E-state index in [2.05, 4.69) is 0 Å². The third-order valence-electron chi connectivity index (χ3n) is 2.95. The van der Waals surface area contributed by atoms with Crippen LogP contribution in [0.25, 0.3) is 0 Å². The van der Waals surface area contributed by atoms with E-state index in [0.717, 1.165) is 10.5 Å². The van der Waals surface area contributed by atoms with Crippen molar-refractivity contribution in [3.63, 3.8) is 0 Å². The van der Waals surface area contributed by atoms with E-state index in [1.807, 2.05) is 54.6 Å². The molecule has 0 aliphatic rings. The number of aliphatic hydroxyl groups is 1. The van der Waals surface area contributed by atoms with Crippen molar-refractivity contribution in [2.75, 3.05) is 12.9 Å². The third kappa shape index (κ3) is 4.25. The van der Waals surface area contributed by atoms with Crippen LogP contribution in [0, 0.1) is 0 Å². The second kappa shape index (κ2) is 7.70. The van der Waals surface area contributed by atoms with Gasteiger partial charge in [0.1, 0.15) is 6.10 Å². The van der Waals surface area contributed by atoms with Crippen LogP contribution in [0.1, 0.15) is 11.7 Å². The lowest BCUT2D eigenvalue weighted by Crippen LogP contribution is -2.22. The SMILES string of the molecule is COC(c1ccccc1)C(O)CSc1cccc(Cl)c1. The van der Waals surface area contributed by atoms with Crippen LogP contribution in [0.3, 0.4) is 0 Å². The van der Waals surface area contributed by atoms with E-state index in [1.165, 1.54) is 0 Å². The Morgan fingerprint density at radius 3 is 2.55 bits per heavy atom. The van der Waals surface area contributed by atoms with Gasteiger partial charge in [0, 0.05) is 22.8 Å². The van der Waals surface area contributed by atoms with Crippen LogP contribution in [0.4, 0.5) is 0 Å². The molecule has 4 heteroatoms. The Labute approximate surface area is 128 Å². The van der Waals surface area contributed by atoms with Crippen LogP contribution in [-0.2, 0) is 4.74 Å². The van der Waals surface area contributed by atoms with Crippen molar-refractivity contribution >= 4 is 23.4 Å². The maximum absolute atomic E-state index is 10.3. The molecule has 2 nitrogen and oxygen atoms in total. The van der Waals surface area contributed by atoms with Crippen molar-refractivity contribution in [2.45, 2.75) is 17.1 Å². The zero-order valence-corrected chi connectivity index (χ0v) is 12.8. The summed E-state index contributed by atoms with van der Waals surface area (Å²) in [7, 11) is 1.62. The van der Waals surface area contributed by atoms with Gasteiger partial charge in [-0.1, -0.05) is 48.0 Å². The first-order chi connectivity index (χ1) is 9.70. The molecule has 0 radical (unpaired) electrons. The van der Waals surface area contributed by atoms with E-state index in [0.29, 0.717) is 10.8 Å². The van der Waals surface area contributed by atoms with Crippen molar-refractivity contribution in [3.8, 4) is 0 Å². The minimum Gasteiger partial charge on any atom is -0.389 e. The van der Waals surface area contributed by atoms with Crippen molar-refractivity contribution in [2.24, 2.45) is 0 Å². The molecule has 0 saturated heterocycles. The Hall–Kier alpha value is -1.00. The quantitative estimate of drug-likeness (QED) is 0.812. The van der Waals surface area contributed by atoms with Crippen molar-refractivity contribution in [1.82, 2.24) is 0 Å². The number of rotatable bonds is 6. The fraction of sp³-hybridized carbons (Fsp3) is 0.250. The van der Waals surface area contributed by atoms with Gasteiger partial charge in [0.15, 0.2) is 0 Å². The number of hydrogen-bond donors (Lipinski definition) is 1. The second-order valence-electron chi connectivity index (χ2n) is 4.40. The fourth-order valence-electron chi connectivity index (χ4n) is 1.98. The number of hydrogen-bond acceptors (Lipinski definition) is 3. The summed E-state index contributed by atoms with van der Waals surface area (Å²) in [4.78, 5) is 1.04. The van der Waals surface area contributed by atoms with Gasteiger partial charge in [0.25, 0.3) is 0 Å². The van der Waals surface area contributed by atoms with E-state index in [1.54, 1.807) is 18.9 Å². The van der Waals surface area contributed by atoms with Gasteiger partial charge in [-0.15, -0.1) is 11.8 Å². The average molecular weight is 309 g/mol. The van der Waals surface area contributed by atoms with Gasteiger partial charge in [0.2, 0.25) is 0 Å².